The molecule has 2 fully saturated rings. The second-order valence-electron chi connectivity index (χ2n) is 17.7. The summed E-state index contributed by atoms with van der Waals surface area (Å²) in [5.74, 6) is 2.01. The Labute approximate surface area is 419 Å². The molecule has 2 saturated heterocycles. The third-order valence-corrected chi connectivity index (χ3v) is 13.3. The van der Waals surface area contributed by atoms with Gasteiger partial charge in [0.2, 0.25) is 0 Å². The summed E-state index contributed by atoms with van der Waals surface area (Å²) < 4.78 is 65.4. The maximum Gasteiger partial charge on any atom is 0.317 e. The van der Waals surface area contributed by atoms with Crippen LogP contribution >= 0.6 is 11.6 Å². The van der Waals surface area contributed by atoms with Crippen LogP contribution in [0.4, 0.5) is 20.8 Å². The molecule has 0 N–H and O–H groups in total. The lowest BCUT2D eigenvalue weighted by atomic mass is 9.99. The van der Waals surface area contributed by atoms with E-state index in [2.05, 4.69) is 32.0 Å². The van der Waals surface area contributed by atoms with Gasteiger partial charge in [0.15, 0.2) is 0 Å². The number of likely N-dealkylation sites (tertiary alicyclic amines) is 2. The van der Waals surface area contributed by atoms with Crippen LogP contribution in [-0.2, 0) is 13.1 Å². The molecule has 0 amide bonds. The van der Waals surface area contributed by atoms with E-state index < -0.39 is 0 Å². The SMILES string of the molecule is CCOc1cc(CN2CCC(N(c3nc(-c4ccc(F)cc4)co3)N(c3nc(-c4ccccc4)co3)C3CCN(Cc4cc(OCC)c(-c5ccc(F)cc5)c(OCC)c4)CC3)CC2)cc(OCC)c1Cl. The zero-order valence-electron chi connectivity index (χ0n) is 40.8. The molecule has 2 aliphatic rings. The van der Waals surface area contributed by atoms with Crippen molar-refractivity contribution >= 4 is 23.6 Å². The molecule has 0 saturated carbocycles. The number of anilines is 2. The van der Waals surface area contributed by atoms with E-state index in [0.29, 0.717) is 85.3 Å². The van der Waals surface area contributed by atoms with Gasteiger partial charge in [0, 0.05) is 50.4 Å². The Morgan fingerprint density at radius 2 is 0.915 bits per heavy atom. The number of piperidine rings is 2. The first-order valence-electron chi connectivity index (χ1n) is 24.7. The normalized spacial score (nSPS) is 14.9. The quantitative estimate of drug-likeness (QED) is 0.0680. The Balaban J connectivity index is 1.02. The molecule has 0 spiro atoms. The van der Waals surface area contributed by atoms with E-state index in [9.17, 15) is 8.78 Å². The van der Waals surface area contributed by atoms with Crippen molar-refractivity contribution in [2.45, 2.75) is 78.6 Å². The molecule has 0 bridgehead atoms. The monoisotopic (exact) mass is 986 g/mol. The molecule has 0 radical (unpaired) electrons. The molecule has 9 rings (SSSR count). The first-order valence-corrected chi connectivity index (χ1v) is 25.1. The van der Waals surface area contributed by atoms with Gasteiger partial charge in [-0.25, -0.2) is 18.8 Å². The Morgan fingerprint density at radius 3 is 1.34 bits per heavy atom. The molecular formula is C56H61ClF2N6O6. The van der Waals surface area contributed by atoms with Crippen LogP contribution in [-0.4, -0.2) is 84.5 Å². The van der Waals surface area contributed by atoms with Crippen LogP contribution in [0.3, 0.4) is 0 Å². The Hall–Kier alpha value is -6.61. The minimum absolute atomic E-state index is 0.0606. The predicted molar refractivity (Wildman–Crippen MR) is 273 cm³/mol. The lowest BCUT2D eigenvalue weighted by Gasteiger charge is -2.47. The highest BCUT2D eigenvalue weighted by Crippen LogP contribution is 2.42. The number of rotatable bonds is 20. The number of hydrogen-bond donors (Lipinski definition) is 0. The Morgan fingerprint density at radius 1 is 0.535 bits per heavy atom. The average Bonchev–Trinajstić information content (AvgIpc) is 4.08. The van der Waals surface area contributed by atoms with Crippen molar-refractivity contribution in [1.29, 1.82) is 0 Å². The summed E-state index contributed by atoms with van der Waals surface area (Å²) in [5.41, 5.74) is 6.75. The van der Waals surface area contributed by atoms with E-state index in [4.69, 9.17) is 49.4 Å². The number of hydrazine groups is 1. The number of ether oxygens (including phenoxy) is 4. The summed E-state index contributed by atoms with van der Waals surface area (Å²) in [6, 6.07) is 31.6. The van der Waals surface area contributed by atoms with E-state index in [1.165, 1.54) is 24.3 Å². The molecule has 12 nitrogen and oxygen atoms in total. The topological polar surface area (TPSA) is 102 Å². The molecule has 0 aliphatic carbocycles. The van der Waals surface area contributed by atoms with Gasteiger partial charge in [0.1, 0.15) is 63.6 Å². The van der Waals surface area contributed by atoms with Crippen LogP contribution in [0.2, 0.25) is 5.02 Å². The van der Waals surface area contributed by atoms with Crippen molar-refractivity contribution < 1.29 is 36.6 Å². The third kappa shape index (κ3) is 11.6. The van der Waals surface area contributed by atoms with Gasteiger partial charge in [-0.1, -0.05) is 54.1 Å². The highest BCUT2D eigenvalue weighted by molar-refractivity contribution is 6.33. The average molecular weight is 988 g/mol. The van der Waals surface area contributed by atoms with Gasteiger partial charge in [0.25, 0.3) is 0 Å². The number of aromatic nitrogens is 2. The summed E-state index contributed by atoms with van der Waals surface area (Å²) in [7, 11) is 0. The first kappa shape index (κ1) is 49.4. The van der Waals surface area contributed by atoms with Crippen LogP contribution in [0.1, 0.15) is 64.5 Å². The predicted octanol–water partition coefficient (Wildman–Crippen LogP) is 12.7. The molecule has 0 atom stereocenters. The number of hydrogen-bond acceptors (Lipinski definition) is 12. The number of nitrogens with zero attached hydrogens (tertiary/aromatic N) is 6. The largest absolute Gasteiger partial charge is 0.493 e. The molecule has 5 aromatic carbocycles. The first-order chi connectivity index (χ1) is 34.7. The molecule has 15 heteroatoms. The lowest BCUT2D eigenvalue weighted by Crippen LogP contribution is -2.59. The van der Waals surface area contributed by atoms with Crippen molar-refractivity contribution in [2.24, 2.45) is 0 Å². The Bertz CT molecular complexity index is 2760. The Kier molecular flexibility index (Phi) is 16.1. The zero-order valence-corrected chi connectivity index (χ0v) is 41.5. The van der Waals surface area contributed by atoms with Crippen LogP contribution in [0, 0.1) is 11.6 Å². The van der Waals surface area contributed by atoms with Crippen molar-refractivity contribution in [3.63, 3.8) is 0 Å². The molecule has 4 heterocycles. The number of benzene rings is 5. The van der Waals surface area contributed by atoms with Gasteiger partial charge < -0.3 is 27.8 Å². The van der Waals surface area contributed by atoms with Gasteiger partial charge >= 0.3 is 12.0 Å². The van der Waals surface area contributed by atoms with Crippen molar-refractivity contribution in [1.82, 2.24) is 19.8 Å². The van der Waals surface area contributed by atoms with E-state index in [0.717, 1.165) is 90.9 Å². The van der Waals surface area contributed by atoms with Gasteiger partial charge in [-0.2, -0.15) is 9.97 Å². The second-order valence-corrected chi connectivity index (χ2v) is 18.1. The fourth-order valence-electron chi connectivity index (χ4n) is 9.66. The van der Waals surface area contributed by atoms with Crippen LogP contribution in [0.5, 0.6) is 23.0 Å². The lowest BCUT2D eigenvalue weighted by molar-refractivity contribution is 0.178. The molecule has 71 heavy (non-hydrogen) atoms. The molecule has 2 aromatic heterocycles. The summed E-state index contributed by atoms with van der Waals surface area (Å²) >= 11 is 6.69. The van der Waals surface area contributed by atoms with Crippen LogP contribution in [0.25, 0.3) is 33.6 Å². The highest BCUT2D eigenvalue weighted by Gasteiger charge is 2.40. The molecular weight excluding hydrogens is 926 g/mol. The minimum Gasteiger partial charge on any atom is -0.493 e. The van der Waals surface area contributed by atoms with Gasteiger partial charge in [-0.05, 0) is 131 Å². The van der Waals surface area contributed by atoms with E-state index in [1.807, 2.05) is 70.2 Å². The molecule has 2 aliphatic heterocycles. The van der Waals surface area contributed by atoms with Crippen molar-refractivity contribution in [2.75, 3.05) is 62.6 Å². The minimum atomic E-state index is -0.324. The maximum absolute atomic E-state index is 14.1. The smallest absolute Gasteiger partial charge is 0.317 e. The van der Waals surface area contributed by atoms with E-state index in [-0.39, 0.29) is 23.7 Å². The van der Waals surface area contributed by atoms with Crippen LogP contribution < -0.4 is 29.0 Å². The molecule has 7 aromatic rings. The van der Waals surface area contributed by atoms with Crippen molar-refractivity contribution in [3.8, 4) is 56.6 Å². The third-order valence-electron chi connectivity index (χ3n) is 13.0. The van der Waals surface area contributed by atoms with E-state index in [1.54, 1.807) is 36.8 Å². The van der Waals surface area contributed by atoms with E-state index >= 15 is 0 Å². The fraction of sp³-hybridized carbons (Fsp3) is 0.357. The van der Waals surface area contributed by atoms with Gasteiger partial charge in [-0.15, -0.1) is 0 Å². The summed E-state index contributed by atoms with van der Waals surface area (Å²) in [5, 5.41) is 4.84. The summed E-state index contributed by atoms with van der Waals surface area (Å²) in [6.07, 6.45) is 6.45. The summed E-state index contributed by atoms with van der Waals surface area (Å²) in [6.45, 7) is 14.2. The van der Waals surface area contributed by atoms with Gasteiger partial charge in [0.05, 0.1) is 44.1 Å². The highest BCUT2D eigenvalue weighted by atomic mass is 35.5. The fourth-order valence-corrected chi connectivity index (χ4v) is 9.88. The maximum atomic E-state index is 14.1. The standard InChI is InChI=1S/C56H61ClF2N6O6/c1-5-66-49-30-38(31-50(67-6-2)53(49)42-16-20-44(59)21-17-42)34-62-26-22-45(23-27-62)64(55-60-47(36-70-55)40-12-10-9-11-13-40)65(56-61-48(37-71-56)41-14-18-43(58)19-15-41)46-24-28-63(29-25-46)35-39-32-51(68-7-3)54(57)52(33-39)69-8-4/h9-21,30-33,36-37,45-46H,5-8,22-29,34-35H2,1-4H3. The van der Waals surface area contributed by atoms with Crippen molar-refractivity contribution in [3.05, 3.63) is 143 Å². The molecule has 372 valence electrons. The number of halogens is 3. The zero-order chi connectivity index (χ0) is 49.3. The second kappa shape index (κ2) is 23.1. The number of oxazole rings is 2. The molecule has 0 unspecified atom stereocenters. The van der Waals surface area contributed by atoms with Crippen LogP contribution in [0.15, 0.2) is 124 Å². The van der Waals surface area contributed by atoms with Gasteiger partial charge in [-0.3, -0.25) is 9.80 Å². The summed E-state index contributed by atoms with van der Waals surface area (Å²) in [4.78, 5) is 15.2.